The normalized spacial score (nSPS) is 17.0. The first kappa shape index (κ1) is 28.3. The summed E-state index contributed by atoms with van der Waals surface area (Å²) in [5, 5.41) is 7.12. The minimum atomic E-state index is -0.542. The van der Waals surface area contributed by atoms with Crippen LogP contribution in [0.3, 0.4) is 0 Å². The molecule has 0 aliphatic carbocycles. The highest BCUT2D eigenvalue weighted by atomic mass is 32.1. The second-order valence-corrected chi connectivity index (χ2v) is 11.8. The molecule has 0 bridgehead atoms. The fourth-order valence-electron chi connectivity index (χ4n) is 5.27. The Balaban J connectivity index is 1.63. The van der Waals surface area contributed by atoms with E-state index in [1.165, 1.54) is 0 Å². The van der Waals surface area contributed by atoms with Gasteiger partial charge in [-0.2, -0.15) is 0 Å². The number of hydrogen-bond donors (Lipinski definition) is 2. The number of carbonyl (C=O) groups is 1. The first-order valence-electron chi connectivity index (χ1n) is 13.6. The number of pyridine rings is 2. The lowest BCUT2D eigenvalue weighted by Crippen LogP contribution is -2.30. The molecular formula is C32H36N6O2S. The van der Waals surface area contributed by atoms with Gasteiger partial charge in [0.25, 0.3) is 0 Å². The lowest BCUT2D eigenvalue weighted by atomic mass is 9.95. The molecular weight excluding hydrogens is 532 g/mol. The third-order valence-electron chi connectivity index (χ3n) is 7.41. The standard InChI is InChI=1S/C32H36N6O2S/c1-19-13-15-34-27(16-19)37-20(2)17-23(21(37)3)29-28(25-10-8-9-14-33-25)36-31(41)38(29)22-11-12-24(26(18-22)40-7)35-30(39)32(4,5)6/h8-18,28-29H,1-7H3,(H,35,39)(H,36,41). The second kappa shape index (κ2) is 11.0. The smallest absolute Gasteiger partial charge is 0.229 e. The van der Waals surface area contributed by atoms with E-state index in [2.05, 4.69) is 58.0 Å². The Morgan fingerprint density at radius 2 is 1.80 bits per heavy atom. The fourth-order valence-corrected chi connectivity index (χ4v) is 5.62. The minimum Gasteiger partial charge on any atom is -0.494 e. The van der Waals surface area contributed by atoms with E-state index >= 15 is 0 Å². The molecule has 9 heteroatoms. The molecule has 1 aliphatic heterocycles. The molecule has 2 atom stereocenters. The summed E-state index contributed by atoms with van der Waals surface area (Å²) in [7, 11) is 1.60. The van der Waals surface area contributed by atoms with Crippen LogP contribution in [0, 0.1) is 26.2 Å². The van der Waals surface area contributed by atoms with E-state index in [0.29, 0.717) is 16.5 Å². The van der Waals surface area contributed by atoms with Crippen molar-refractivity contribution in [1.82, 2.24) is 19.9 Å². The fraction of sp³-hybridized carbons (Fsp3) is 0.312. The zero-order valence-corrected chi connectivity index (χ0v) is 25.3. The number of hydrogen-bond acceptors (Lipinski definition) is 5. The predicted molar refractivity (Wildman–Crippen MR) is 167 cm³/mol. The number of aryl methyl sites for hydroxylation is 2. The first-order valence-corrected chi connectivity index (χ1v) is 14.0. The van der Waals surface area contributed by atoms with E-state index in [-0.39, 0.29) is 18.0 Å². The van der Waals surface area contributed by atoms with E-state index in [0.717, 1.165) is 39.7 Å². The van der Waals surface area contributed by atoms with E-state index in [9.17, 15) is 4.79 Å². The molecule has 1 amide bonds. The van der Waals surface area contributed by atoms with Crippen LogP contribution in [0.4, 0.5) is 11.4 Å². The van der Waals surface area contributed by atoms with Crippen molar-refractivity contribution in [1.29, 1.82) is 0 Å². The van der Waals surface area contributed by atoms with Crippen LogP contribution < -0.4 is 20.3 Å². The van der Waals surface area contributed by atoms with Gasteiger partial charge in [-0.1, -0.05) is 26.8 Å². The molecule has 4 heterocycles. The maximum absolute atomic E-state index is 12.7. The number of methoxy groups -OCH3 is 1. The Labute approximate surface area is 246 Å². The van der Waals surface area contributed by atoms with Gasteiger partial charge >= 0.3 is 0 Å². The van der Waals surface area contributed by atoms with Crippen LogP contribution >= 0.6 is 12.2 Å². The molecule has 2 N–H and O–H groups in total. The van der Waals surface area contributed by atoms with E-state index < -0.39 is 5.41 Å². The molecule has 0 spiro atoms. The molecule has 4 aromatic rings. The SMILES string of the molecule is COc1cc(N2C(=S)NC(c3ccccn3)C2c2cc(C)n(-c3cc(C)ccn3)c2C)ccc1NC(=O)C(C)(C)C. The monoisotopic (exact) mass is 568 g/mol. The summed E-state index contributed by atoms with van der Waals surface area (Å²) in [5.74, 6) is 1.34. The van der Waals surface area contributed by atoms with Gasteiger partial charge in [0.05, 0.1) is 30.6 Å². The zero-order chi connectivity index (χ0) is 29.5. The number of anilines is 2. The Morgan fingerprint density at radius 1 is 1.02 bits per heavy atom. The van der Waals surface area contributed by atoms with E-state index in [4.69, 9.17) is 21.9 Å². The number of aromatic nitrogens is 3. The van der Waals surface area contributed by atoms with Crippen LogP contribution in [0.1, 0.15) is 61.1 Å². The average molecular weight is 569 g/mol. The van der Waals surface area contributed by atoms with Gasteiger partial charge in [-0.15, -0.1) is 0 Å². The van der Waals surface area contributed by atoms with Gasteiger partial charge in [0.2, 0.25) is 5.91 Å². The molecule has 3 aromatic heterocycles. The molecule has 212 valence electrons. The van der Waals surface area contributed by atoms with Gasteiger partial charge in [-0.05, 0) is 86.6 Å². The van der Waals surface area contributed by atoms with Crippen molar-refractivity contribution in [3.8, 4) is 11.6 Å². The highest BCUT2D eigenvalue weighted by molar-refractivity contribution is 7.80. The van der Waals surface area contributed by atoms with Crippen LogP contribution in [0.25, 0.3) is 5.82 Å². The van der Waals surface area contributed by atoms with Gasteiger partial charge < -0.3 is 24.8 Å². The number of thiocarbonyl (C=S) groups is 1. The van der Waals surface area contributed by atoms with E-state index in [1.807, 2.05) is 69.4 Å². The number of ether oxygens (including phenoxy) is 1. The van der Waals surface area contributed by atoms with Gasteiger partial charge in [-0.25, -0.2) is 4.98 Å². The highest BCUT2D eigenvalue weighted by Crippen LogP contribution is 2.45. The molecule has 5 rings (SSSR count). The summed E-state index contributed by atoms with van der Waals surface area (Å²) in [6.07, 6.45) is 3.64. The summed E-state index contributed by atoms with van der Waals surface area (Å²) in [5.41, 5.74) is 6.20. The molecule has 1 aliphatic rings. The molecule has 0 radical (unpaired) electrons. The van der Waals surface area contributed by atoms with Crippen molar-refractivity contribution in [3.63, 3.8) is 0 Å². The first-order chi connectivity index (χ1) is 19.5. The number of benzene rings is 1. The predicted octanol–water partition coefficient (Wildman–Crippen LogP) is 6.36. The van der Waals surface area contributed by atoms with Gasteiger partial charge in [0.15, 0.2) is 5.11 Å². The number of nitrogens with zero attached hydrogens (tertiary/aromatic N) is 4. The maximum Gasteiger partial charge on any atom is 0.229 e. The molecule has 1 aromatic carbocycles. The lowest BCUT2D eigenvalue weighted by molar-refractivity contribution is -0.123. The number of carbonyl (C=O) groups excluding carboxylic acids is 1. The molecule has 2 unspecified atom stereocenters. The van der Waals surface area contributed by atoms with Crippen molar-refractivity contribution in [2.24, 2.45) is 5.41 Å². The van der Waals surface area contributed by atoms with Crippen LogP contribution in [0.2, 0.25) is 0 Å². The maximum atomic E-state index is 12.7. The van der Waals surface area contributed by atoms with Crippen LogP contribution in [0.15, 0.2) is 67.0 Å². The lowest BCUT2D eigenvalue weighted by Gasteiger charge is -2.29. The Morgan fingerprint density at radius 3 is 2.46 bits per heavy atom. The number of rotatable bonds is 6. The average Bonchev–Trinajstić information content (AvgIpc) is 3.43. The van der Waals surface area contributed by atoms with Crippen molar-refractivity contribution in [2.45, 2.75) is 53.6 Å². The summed E-state index contributed by atoms with van der Waals surface area (Å²) in [6, 6.07) is 17.5. The summed E-state index contributed by atoms with van der Waals surface area (Å²) >= 11 is 5.96. The molecule has 8 nitrogen and oxygen atoms in total. The molecule has 0 saturated carbocycles. The third kappa shape index (κ3) is 5.41. The van der Waals surface area contributed by atoms with Crippen molar-refractivity contribution >= 4 is 34.6 Å². The molecule has 1 fully saturated rings. The Bertz CT molecular complexity index is 1610. The highest BCUT2D eigenvalue weighted by Gasteiger charge is 2.42. The van der Waals surface area contributed by atoms with Crippen LogP contribution in [-0.2, 0) is 4.79 Å². The third-order valence-corrected chi connectivity index (χ3v) is 7.72. The van der Waals surface area contributed by atoms with Gasteiger partial charge in [0.1, 0.15) is 11.6 Å². The number of amides is 1. The largest absolute Gasteiger partial charge is 0.494 e. The van der Waals surface area contributed by atoms with Crippen molar-refractivity contribution in [2.75, 3.05) is 17.3 Å². The zero-order valence-electron chi connectivity index (χ0n) is 24.5. The minimum absolute atomic E-state index is 0.0906. The van der Waals surface area contributed by atoms with Crippen LogP contribution in [-0.4, -0.2) is 32.7 Å². The summed E-state index contributed by atoms with van der Waals surface area (Å²) in [6.45, 7) is 11.9. The molecule has 1 saturated heterocycles. The van der Waals surface area contributed by atoms with Crippen molar-refractivity contribution < 1.29 is 9.53 Å². The van der Waals surface area contributed by atoms with E-state index in [1.54, 1.807) is 13.3 Å². The Hall–Kier alpha value is -4.24. The topological polar surface area (TPSA) is 84.3 Å². The summed E-state index contributed by atoms with van der Waals surface area (Å²) in [4.78, 5) is 24.2. The second-order valence-electron chi connectivity index (χ2n) is 11.4. The molecule has 41 heavy (non-hydrogen) atoms. The van der Waals surface area contributed by atoms with Crippen molar-refractivity contribution in [3.05, 3.63) is 95.2 Å². The van der Waals surface area contributed by atoms with Crippen LogP contribution in [0.5, 0.6) is 5.75 Å². The summed E-state index contributed by atoms with van der Waals surface area (Å²) < 4.78 is 7.92. The number of nitrogens with one attached hydrogen (secondary N) is 2. The Kier molecular flexibility index (Phi) is 7.57. The quantitative estimate of drug-likeness (QED) is 0.262. The van der Waals surface area contributed by atoms with Gasteiger partial charge in [0, 0.05) is 41.0 Å². The van der Waals surface area contributed by atoms with Gasteiger partial charge in [-0.3, -0.25) is 9.78 Å².